The molecular weight excluding hydrogens is 448 g/mol. The van der Waals surface area contributed by atoms with Crippen LogP contribution in [-0.4, -0.2) is 62.9 Å². The molecule has 2 heterocycles. The third kappa shape index (κ3) is 5.15. The topological polar surface area (TPSA) is 122 Å². The average Bonchev–Trinajstić information content (AvgIpc) is 2.85. The van der Waals surface area contributed by atoms with Gasteiger partial charge in [-0.2, -0.15) is 4.31 Å². The van der Waals surface area contributed by atoms with Crippen molar-refractivity contribution in [1.29, 1.82) is 0 Å². The van der Waals surface area contributed by atoms with Crippen molar-refractivity contribution >= 4 is 33.0 Å². The molecule has 33 heavy (non-hydrogen) atoms. The lowest BCUT2D eigenvalue weighted by Crippen LogP contribution is -2.40. The molecule has 0 atom stereocenters. The summed E-state index contributed by atoms with van der Waals surface area (Å²) in [5.41, 5.74) is 1.28. The fourth-order valence-electron chi connectivity index (χ4n) is 4.05. The number of sulfonamides is 1. The number of carbonyl (C=O) groups is 1. The van der Waals surface area contributed by atoms with E-state index < -0.39 is 20.9 Å². The van der Waals surface area contributed by atoms with Gasteiger partial charge in [-0.15, -0.1) is 0 Å². The maximum absolute atomic E-state index is 13.2. The molecule has 176 valence electrons. The second-order valence-corrected chi connectivity index (χ2v) is 9.94. The van der Waals surface area contributed by atoms with E-state index in [2.05, 4.69) is 10.2 Å². The molecule has 0 aliphatic carbocycles. The van der Waals surface area contributed by atoms with Crippen LogP contribution in [0, 0.1) is 10.1 Å². The summed E-state index contributed by atoms with van der Waals surface area (Å²) < 4.78 is 33.0. The van der Waals surface area contributed by atoms with Crippen LogP contribution >= 0.6 is 0 Å². The molecular formula is C22H26N4O6S. The first kappa shape index (κ1) is 23.1. The van der Waals surface area contributed by atoms with E-state index in [0.717, 1.165) is 38.0 Å². The Balaban J connectivity index is 1.66. The predicted molar refractivity (Wildman–Crippen MR) is 123 cm³/mol. The van der Waals surface area contributed by atoms with Crippen molar-refractivity contribution in [3.63, 3.8) is 0 Å². The largest absolute Gasteiger partial charge is 0.379 e. The number of benzene rings is 2. The van der Waals surface area contributed by atoms with Gasteiger partial charge in [0.15, 0.2) is 0 Å². The highest BCUT2D eigenvalue weighted by Gasteiger charge is 2.28. The first-order valence-corrected chi connectivity index (χ1v) is 12.3. The Hall–Kier alpha value is -3.02. The lowest BCUT2D eigenvalue weighted by Gasteiger charge is -2.31. The van der Waals surface area contributed by atoms with E-state index in [4.69, 9.17) is 4.74 Å². The standard InChI is InChI=1S/C22H26N4O6S/c27-22(17-4-6-18(7-5-17)26(28)29)23-20-16-19(33(30,31)25-12-14-32-15-13-25)8-9-21(20)24-10-2-1-3-11-24/h4-9,16H,1-3,10-15H2,(H,23,27). The van der Waals surface area contributed by atoms with Crippen molar-refractivity contribution in [2.24, 2.45) is 0 Å². The Morgan fingerprint density at radius 2 is 1.64 bits per heavy atom. The number of anilines is 2. The second-order valence-electron chi connectivity index (χ2n) is 8.00. The molecule has 4 rings (SSSR count). The lowest BCUT2D eigenvalue weighted by molar-refractivity contribution is -0.384. The molecule has 1 amide bonds. The molecule has 2 fully saturated rings. The molecule has 1 N–H and O–H groups in total. The number of nitro benzene ring substituents is 1. The third-order valence-electron chi connectivity index (χ3n) is 5.86. The Morgan fingerprint density at radius 3 is 2.27 bits per heavy atom. The summed E-state index contributed by atoms with van der Waals surface area (Å²) in [7, 11) is -3.74. The molecule has 0 saturated carbocycles. The Kier molecular flexibility index (Phi) is 6.91. The number of non-ortho nitro benzene ring substituents is 1. The van der Waals surface area contributed by atoms with Gasteiger partial charge in [-0.3, -0.25) is 14.9 Å². The fraction of sp³-hybridized carbons (Fsp3) is 0.409. The van der Waals surface area contributed by atoms with Crippen LogP contribution in [0.1, 0.15) is 29.6 Å². The highest BCUT2D eigenvalue weighted by atomic mass is 32.2. The number of amides is 1. The molecule has 2 aromatic rings. The summed E-state index contributed by atoms with van der Waals surface area (Å²) in [4.78, 5) is 25.5. The Labute approximate surface area is 192 Å². The summed E-state index contributed by atoms with van der Waals surface area (Å²) in [6.07, 6.45) is 3.16. The predicted octanol–water partition coefficient (Wildman–Crippen LogP) is 2.86. The summed E-state index contributed by atoms with van der Waals surface area (Å²) in [5.74, 6) is -0.468. The minimum Gasteiger partial charge on any atom is -0.379 e. The van der Waals surface area contributed by atoms with E-state index >= 15 is 0 Å². The number of nitrogens with one attached hydrogen (secondary N) is 1. The quantitative estimate of drug-likeness (QED) is 0.505. The van der Waals surface area contributed by atoms with E-state index in [9.17, 15) is 23.3 Å². The molecule has 2 aromatic carbocycles. The maximum Gasteiger partial charge on any atom is 0.269 e. The fourth-order valence-corrected chi connectivity index (χ4v) is 5.49. The van der Waals surface area contributed by atoms with Crippen LogP contribution in [0.4, 0.5) is 17.1 Å². The molecule has 0 bridgehead atoms. The highest BCUT2D eigenvalue weighted by Crippen LogP contribution is 2.32. The van der Waals surface area contributed by atoms with Gasteiger partial charge in [0.05, 0.1) is 34.4 Å². The van der Waals surface area contributed by atoms with Gasteiger partial charge in [-0.1, -0.05) is 0 Å². The third-order valence-corrected chi connectivity index (χ3v) is 7.76. The summed E-state index contributed by atoms with van der Waals surface area (Å²) in [6, 6.07) is 10.1. The number of ether oxygens (including phenoxy) is 1. The van der Waals surface area contributed by atoms with E-state index in [-0.39, 0.29) is 29.2 Å². The molecule has 2 aliphatic rings. The number of morpholine rings is 1. The van der Waals surface area contributed by atoms with Crippen molar-refractivity contribution in [2.75, 3.05) is 49.6 Å². The van der Waals surface area contributed by atoms with Crippen LogP contribution < -0.4 is 10.2 Å². The van der Waals surface area contributed by atoms with Gasteiger partial charge in [0.25, 0.3) is 11.6 Å². The number of hydrogen-bond donors (Lipinski definition) is 1. The number of nitro groups is 1. The van der Waals surface area contributed by atoms with Gasteiger partial charge in [0.1, 0.15) is 0 Å². The Morgan fingerprint density at radius 1 is 0.970 bits per heavy atom. The van der Waals surface area contributed by atoms with E-state index in [1.165, 1.54) is 34.6 Å². The van der Waals surface area contributed by atoms with E-state index in [0.29, 0.717) is 18.9 Å². The van der Waals surface area contributed by atoms with Gasteiger partial charge < -0.3 is 15.0 Å². The zero-order chi connectivity index (χ0) is 23.4. The van der Waals surface area contributed by atoms with Crippen molar-refractivity contribution in [1.82, 2.24) is 4.31 Å². The monoisotopic (exact) mass is 474 g/mol. The minimum absolute atomic E-state index is 0.101. The second kappa shape index (κ2) is 9.86. The van der Waals surface area contributed by atoms with Crippen LogP contribution in [0.3, 0.4) is 0 Å². The summed E-state index contributed by atoms with van der Waals surface area (Å²) >= 11 is 0. The normalized spacial score (nSPS) is 17.5. The molecule has 10 nitrogen and oxygen atoms in total. The molecule has 2 saturated heterocycles. The first-order valence-electron chi connectivity index (χ1n) is 10.9. The van der Waals surface area contributed by atoms with Crippen molar-refractivity contribution < 1.29 is 22.9 Å². The first-order chi connectivity index (χ1) is 15.9. The zero-order valence-corrected chi connectivity index (χ0v) is 18.9. The van der Waals surface area contributed by atoms with E-state index in [1.807, 2.05) is 0 Å². The van der Waals surface area contributed by atoms with Gasteiger partial charge in [-0.25, -0.2) is 8.42 Å². The van der Waals surface area contributed by atoms with Crippen molar-refractivity contribution in [2.45, 2.75) is 24.2 Å². The molecule has 0 unspecified atom stereocenters. The van der Waals surface area contributed by atoms with E-state index in [1.54, 1.807) is 12.1 Å². The van der Waals surface area contributed by atoms with Crippen LogP contribution in [0.5, 0.6) is 0 Å². The molecule has 0 radical (unpaired) electrons. The number of rotatable bonds is 6. The maximum atomic E-state index is 13.2. The van der Waals surface area contributed by atoms with Crippen LogP contribution in [0.15, 0.2) is 47.4 Å². The summed E-state index contributed by atoms with van der Waals surface area (Å²) in [5, 5.41) is 13.7. The van der Waals surface area contributed by atoms with Crippen LogP contribution in [0.25, 0.3) is 0 Å². The van der Waals surface area contributed by atoms with Gasteiger partial charge in [0, 0.05) is 43.9 Å². The molecule has 2 aliphatic heterocycles. The van der Waals surface area contributed by atoms with Crippen LogP contribution in [0.2, 0.25) is 0 Å². The molecule has 0 spiro atoms. The number of piperidine rings is 1. The smallest absolute Gasteiger partial charge is 0.269 e. The zero-order valence-electron chi connectivity index (χ0n) is 18.1. The van der Waals surface area contributed by atoms with Crippen molar-refractivity contribution in [3.05, 3.63) is 58.1 Å². The number of hydrogen-bond acceptors (Lipinski definition) is 7. The van der Waals surface area contributed by atoms with Gasteiger partial charge in [0.2, 0.25) is 10.0 Å². The minimum atomic E-state index is -3.74. The Bertz CT molecular complexity index is 1120. The molecule has 11 heteroatoms. The van der Waals surface area contributed by atoms with Crippen LogP contribution in [-0.2, 0) is 14.8 Å². The SMILES string of the molecule is O=C(Nc1cc(S(=O)(=O)N2CCOCC2)ccc1N1CCCCC1)c1ccc([N+](=O)[O-])cc1. The van der Waals surface area contributed by atoms with Gasteiger partial charge >= 0.3 is 0 Å². The number of carbonyl (C=O) groups excluding carboxylic acids is 1. The summed E-state index contributed by atoms with van der Waals surface area (Å²) in [6.45, 7) is 2.87. The average molecular weight is 475 g/mol. The van der Waals surface area contributed by atoms with Crippen molar-refractivity contribution in [3.8, 4) is 0 Å². The highest BCUT2D eigenvalue weighted by molar-refractivity contribution is 7.89. The molecule has 0 aromatic heterocycles. The van der Waals surface area contributed by atoms with Gasteiger partial charge in [-0.05, 0) is 49.6 Å². The number of nitrogens with zero attached hydrogens (tertiary/aromatic N) is 3. The lowest BCUT2D eigenvalue weighted by atomic mass is 10.1.